The molecule has 14 heteroatoms. The summed E-state index contributed by atoms with van der Waals surface area (Å²) >= 11 is 0. The molecule has 1 aromatic heterocycles. The van der Waals surface area contributed by atoms with Gasteiger partial charge < -0.3 is 35.7 Å². The van der Waals surface area contributed by atoms with Gasteiger partial charge in [0.25, 0.3) is 11.5 Å². The van der Waals surface area contributed by atoms with Gasteiger partial charge >= 0.3 is 18.1 Å². The van der Waals surface area contributed by atoms with Gasteiger partial charge in [0.15, 0.2) is 18.1 Å². The number of anilines is 2. The van der Waals surface area contributed by atoms with Crippen LogP contribution in [-0.2, 0) is 11.0 Å². The first-order valence-electron chi connectivity index (χ1n) is 10.7. The van der Waals surface area contributed by atoms with E-state index < -0.39 is 64.3 Å². The molecule has 0 atom stereocenters. The number of carboxylic acids is 2. The summed E-state index contributed by atoms with van der Waals surface area (Å²) in [6.45, 7) is 1.03. The average molecular weight is 535 g/mol. The monoisotopic (exact) mass is 535 g/mol. The van der Waals surface area contributed by atoms with Crippen LogP contribution in [0.1, 0.15) is 33.2 Å². The number of ether oxygens (including phenoxy) is 2. The molecule has 0 saturated carbocycles. The van der Waals surface area contributed by atoms with Crippen molar-refractivity contribution in [1.29, 1.82) is 0 Å². The highest BCUT2D eigenvalue weighted by Gasteiger charge is 2.30. The number of aromatic amines is 1. The molecule has 3 aromatic rings. The van der Waals surface area contributed by atoms with Crippen LogP contribution < -0.4 is 26.1 Å². The summed E-state index contributed by atoms with van der Waals surface area (Å²) in [5, 5.41) is 21.4. The molecule has 0 spiro atoms. The Kier molecular flexibility index (Phi) is 7.94. The molecular weight excluding hydrogens is 515 g/mol. The lowest BCUT2D eigenvalue weighted by molar-refractivity contribution is -0.137. The molecule has 1 heterocycles. The minimum Gasteiger partial charge on any atom is -0.490 e. The molecule has 200 valence electrons. The van der Waals surface area contributed by atoms with Crippen molar-refractivity contribution in [2.45, 2.75) is 13.1 Å². The topological polar surface area (TPSA) is 181 Å². The molecule has 0 fully saturated rings. The van der Waals surface area contributed by atoms with E-state index in [1.807, 2.05) is 4.98 Å². The molecule has 2 aromatic carbocycles. The zero-order chi connectivity index (χ0) is 28.2. The normalized spacial score (nSPS) is 11.1. The minimum atomic E-state index is -4.60. The lowest BCUT2D eigenvalue weighted by atomic mass is 9.95. The van der Waals surface area contributed by atoms with E-state index in [1.165, 1.54) is 24.3 Å². The smallest absolute Gasteiger partial charge is 0.416 e. The molecule has 1 amide bonds. The van der Waals surface area contributed by atoms with Gasteiger partial charge in [0.2, 0.25) is 0 Å². The highest BCUT2D eigenvalue weighted by atomic mass is 19.4. The third-order valence-corrected chi connectivity index (χ3v) is 5.04. The molecule has 0 aliphatic carbocycles. The summed E-state index contributed by atoms with van der Waals surface area (Å²) in [6.07, 6.45) is -4.60. The second-order valence-electron chi connectivity index (χ2n) is 7.61. The van der Waals surface area contributed by atoms with Gasteiger partial charge in [-0.3, -0.25) is 9.59 Å². The Bertz CT molecular complexity index is 1470. The van der Waals surface area contributed by atoms with Crippen LogP contribution in [0.2, 0.25) is 0 Å². The van der Waals surface area contributed by atoms with Gasteiger partial charge in [0.1, 0.15) is 16.9 Å². The van der Waals surface area contributed by atoms with Gasteiger partial charge in [0, 0.05) is 11.3 Å². The van der Waals surface area contributed by atoms with Crippen molar-refractivity contribution in [3.63, 3.8) is 0 Å². The van der Waals surface area contributed by atoms with Gasteiger partial charge in [-0.05, 0) is 42.8 Å². The van der Waals surface area contributed by atoms with Gasteiger partial charge in [-0.15, -0.1) is 0 Å². The van der Waals surface area contributed by atoms with Crippen LogP contribution in [-0.4, -0.2) is 46.3 Å². The van der Waals surface area contributed by atoms with Crippen molar-refractivity contribution in [2.75, 3.05) is 24.3 Å². The number of nitrogens with one attached hydrogen (secondary N) is 2. The SMILES string of the molecule is CCOc1cc(-c2c(C(=O)O)c(N)[nH]c(=O)c2C(=O)O)ccc1OCC(=O)Nc1cccc(C(F)(F)F)c1. The number of alkyl halides is 3. The molecule has 0 bridgehead atoms. The van der Waals surface area contributed by atoms with Crippen molar-refractivity contribution in [3.05, 3.63) is 69.5 Å². The Morgan fingerprint density at radius 2 is 1.68 bits per heavy atom. The van der Waals surface area contributed by atoms with Crippen LogP contribution in [0.3, 0.4) is 0 Å². The Hall–Kier alpha value is -5.01. The van der Waals surface area contributed by atoms with Crippen LogP contribution in [0.4, 0.5) is 24.7 Å². The number of nitrogen functional groups attached to an aromatic ring is 1. The number of rotatable bonds is 9. The number of H-pyrrole nitrogens is 1. The molecule has 3 rings (SSSR count). The van der Waals surface area contributed by atoms with Crippen molar-refractivity contribution in [1.82, 2.24) is 4.98 Å². The van der Waals surface area contributed by atoms with Crippen LogP contribution in [0.25, 0.3) is 11.1 Å². The molecule has 0 saturated heterocycles. The van der Waals surface area contributed by atoms with Crippen molar-refractivity contribution < 1.29 is 47.2 Å². The van der Waals surface area contributed by atoms with E-state index in [0.717, 1.165) is 18.2 Å². The fraction of sp³-hybridized carbons (Fsp3) is 0.167. The van der Waals surface area contributed by atoms with Crippen LogP contribution >= 0.6 is 0 Å². The lowest BCUT2D eigenvalue weighted by Gasteiger charge is -2.16. The Labute approximate surface area is 211 Å². The van der Waals surface area contributed by atoms with Gasteiger partial charge in [-0.25, -0.2) is 9.59 Å². The minimum absolute atomic E-state index is 0.0265. The number of nitrogens with two attached hydrogens (primary N) is 1. The number of aromatic nitrogens is 1. The number of benzene rings is 2. The number of amides is 1. The van der Waals surface area contributed by atoms with Gasteiger partial charge in [-0.1, -0.05) is 12.1 Å². The van der Waals surface area contributed by atoms with Crippen LogP contribution in [0, 0.1) is 0 Å². The zero-order valence-corrected chi connectivity index (χ0v) is 19.5. The number of hydrogen-bond acceptors (Lipinski definition) is 7. The summed E-state index contributed by atoms with van der Waals surface area (Å²) in [6, 6.07) is 7.68. The number of aromatic carboxylic acids is 2. The standard InChI is InChI=1S/C24H20F3N3O8/c1-2-37-15-8-11(17-18(22(33)34)20(28)30-21(32)19(17)23(35)36)6-7-14(15)38-10-16(31)29-13-5-3-4-12(9-13)24(25,26)27/h3-9H,2,10H2,1H3,(H,29,31)(H,33,34)(H,35,36)(H3,28,30,32). The molecule has 11 nitrogen and oxygen atoms in total. The van der Waals surface area contributed by atoms with Gasteiger partial charge in [-0.2, -0.15) is 13.2 Å². The fourth-order valence-corrected chi connectivity index (χ4v) is 3.50. The molecule has 6 N–H and O–H groups in total. The number of halogens is 3. The maximum Gasteiger partial charge on any atom is 0.416 e. The summed E-state index contributed by atoms with van der Waals surface area (Å²) < 4.78 is 49.6. The second kappa shape index (κ2) is 10.9. The molecular formula is C24H20F3N3O8. The average Bonchev–Trinajstić information content (AvgIpc) is 2.82. The number of carboxylic acid groups (broad SMARTS) is 2. The van der Waals surface area contributed by atoms with Crippen molar-refractivity contribution in [3.8, 4) is 22.6 Å². The molecule has 0 unspecified atom stereocenters. The lowest BCUT2D eigenvalue weighted by Crippen LogP contribution is -2.24. The molecule has 0 aliphatic rings. The van der Waals surface area contributed by atoms with E-state index >= 15 is 0 Å². The highest BCUT2D eigenvalue weighted by Crippen LogP contribution is 2.36. The Morgan fingerprint density at radius 3 is 2.29 bits per heavy atom. The van der Waals surface area contributed by atoms with E-state index in [4.69, 9.17) is 15.2 Å². The summed E-state index contributed by atoms with van der Waals surface area (Å²) in [5.74, 6) is -4.72. The first kappa shape index (κ1) is 27.6. The Balaban J connectivity index is 1.92. The predicted octanol–water partition coefficient (Wildman–Crippen LogP) is 3.46. The molecule has 38 heavy (non-hydrogen) atoms. The summed E-state index contributed by atoms with van der Waals surface area (Å²) in [4.78, 5) is 50.1. The number of carbonyl (C=O) groups is 3. The van der Waals surface area contributed by atoms with E-state index in [1.54, 1.807) is 6.92 Å². The van der Waals surface area contributed by atoms with E-state index in [-0.39, 0.29) is 29.4 Å². The fourth-order valence-electron chi connectivity index (χ4n) is 3.50. The third kappa shape index (κ3) is 6.03. The summed E-state index contributed by atoms with van der Waals surface area (Å²) in [5.41, 5.74) is 1.41. The first-order chi connectivity index (χ1) is 17.8. The maximum atomic E-state index is 12.9. The van der Waals surface area contributed by atoms with Gasteiger partial charge in [0.05, 0.1) is 12.2 Å². The third-order valence-electron chi connectivity index (χ3n) is 5.04. The predicted molar refractivity (Wildman–Crippen MR) is 128 cm³/mol. The number of carbonyl (C=O) groups excluding carboxylic acids is 1. The van der Waals surface area contributed by atoms with Crippen molar-refractivity contribution >= 4 is 29.4 Å². The highest BCUT2D eigenvalue weighted by molar-refractivity contribution is 6.07. The second-order valence-corrected chi connectivity index (χ2v) is 7.61. The van der Waals surface area contributed by atoms with Crippen LogP contribution in [0.5, 0.6) is 11.5 Å². The summed E-state index contributed by atoms with van der Waals surface area (Å²) in [7, 11) is 0. The molecule has 0 radical (unpaired) electrons. The van der Waals surface area contributed by atoms with E-state index in [9.17, 15) is 42.6 Å². The van der Waals surface area contributed by atoms with Crippen molar-refractivity contribution in [2.24, 2.45) is 0 Å². The Morgan fingerprint density at radius 1 is 1.00 bits per heavy atom. The number of pyridine rings is 1. The number of hydrogen-bond donors (Lipinski definition) is 5. The quantitative estimate of drug-likeness (QED) is 0.274. The zero-order valence-electron chi connectivity index (χ0n) is 19.5. The first-order valence-corrected chi connectivity index (χ1v) is 10.7. The van der Waals surface area contributed by atoms with E-state index in [0.29, 0.717) is 0 Å². The maximum absolute atomic E-state index is 12.9. The molecule has 0 aliphatic heterocycles. The van der Waals surface area contributed by atoms with Crippen LogP contribution in [0.15, 0.2) is 47.3 Å². The van der Waals surface area contributed by atoms with E-state index in [2.05, 4.69) is 5.32 Å². The largest absolute Gasteiger partial charge is 0.490 e.